The summed E-state index contributed by atoms with van der Waals surface area (Å²) in [5.74, 6) is 0.872. The highest BCUT2D eigenvalue weighted by Crippen LogP contribution is 2.30. The summed E-state index contributed by atoms with van der Waals surface area (Å²) in [6, 6.07) is 10.8. The number of anilines is 1. The van der Waals surface area contributed by atoms with Gasteiger partial charge in [-0.05, 0) is 48.2 Å². The molecule has 3 rings (SSSR count). The molecule has 0 fully saturated rings. The zero-order valence-corrected chi connectivity index (χ0v) is 18.7. The number of carbonyl (C=O) groups excluding carboxylic acids is 1. The lowest BCUT2D eigenvalue weighted by Crippen LogP contribution is -2.16. The summed E-state index contributed by atoms with van der Waals surface area (Å²) in [5.41, 5.74) is 2.94. The highest BCUT2D eigenvalue weighted by Gasteiger charge is 2.21. The van der Waals surface area contributed by atoms with Crippen LogP contribution in [-0.2, 0) is 5.41 Å². The largest absolute Gasteiger partial charge is 0.497 e. The van der Waals surface area contributed by atoms with Gasteiger partial charge in [-0.15, -0.1) is 5.10 Å². The van der Waals surface area contributed by atoms with E-state index >= 15 is 0 Å². The average Bonchev–Trinajstić information content (AvgIpc) is 3.08. The molecule has 1 aromatic heterocycles. The molecular formula is C22H25ClN4O3. The predicted octanol–water partition coefficient (Wildman–Crippen LogP) is 4.80. The van der Waals surface area contributed by atoms with Crippen molar-refractivity contribution in [2.45, 2.75) is 33.1 Å². The molecule has 0 bridgehead atoms. The third kappa shape index (κ3) is 4.41. The predicted molar refractivity (Wildman–Crippen MR) is 117 cm³/mol. The summed E-state index contributed by atoms with van der Waals surface area (Å²) in [5, 5.41) is 11.6. The third-order valence-corrected chi connectivity index (χ3v) is 4.98. The van der Waals surface area contributed by atoms with E-state index in [0.717, 1.165) is 5.56 Å². The average molecular weight is 429 g/mol. The normalized spacial score (nSPS) is 11.3. The SMILES string of the molecule is COc1cc(NC(=O)c2nnn(-c3cc(Cl)ccc3OC)c2C)cc(C(C)(C)C)c1. The Labute approximate surface area is 181 Å². The summed E-state index contributed by atoms with van der Waals surface area (Å²) in [6.07, 6.45) is 0. The van der Waals surface area contributed by atoms with Crippen LogP contribution in [0.25, 0.3) is 5.69 Å². The van der Waals surface area contributed by atoms with Gasteiger partial charge < -0.3 is 14.8 Å². The quantitative estimate of drug-likeness (QED) is 0.631. The first-order valence-electron chi connectivity index (χ1n) is 9.41. The minimum atomic E-state index is -0.368. The molecule has 7 nitrogen and oxygen atoms in total. The fourth-order valence-corrected chi connectivity index (χ4v) is 3.18. The minimum Gasteiger partial charge on any atom is -0.497 e. The molecule has 0 radical (unpaired) electrons. The topological polar surface area (TPSA) is 78.3 Å². The van der Waals surface area contributed by atoms with Gasteiger partial charge in [-0.25, -0.2) is 4.68 Å². The van der Waals surface area contributed by atoms with Gasteiger partial charge in [-0.3, -0.25) is 4.79 Å². The lowest BCUT2D eigenvalue weighted by molar-refractivity contribution is 0.102. The molecule has 1 amide bonds. The lowest BCUT2D eigenvalue weighted by atomic mass is 9.86. The molecule has 8 heteroatoms. The van der Waals surface area contributed by atoms with E-state index < -0.39 is 0 Å². The van der Waals surface area contributed by atoms with Crippen molar-refractivity contribution >= 4 is 23.2 Å². The summed E-state index contributed by atoms with van der Waals surface area (Å²) >= 11 is 6.12. The first-order valence-corrected chi connectivity index (χ1v) is 9.79. The summed E-state index contributed by atoms with van der Waals surface area (Å²) in [4.78, 5) is 12.9. The van der Waals surface area contributed by atoms with Crippen LogP contribution in [0.4, 0.5) is 5.69 Å². The monoisotopic (exact) mass is 428 g/mol. The Morgan fingerprint density at radius 1 is 1.10 bits per heavy atom. The van der Waals surface area contributed by atoms with Gasteiger partial charge in [0.05, 0.1) is 19.9 Å². The molecule has 0 spiro atoms. The number of ether oxygens (including phenoxy) is 2. The van der Waals surface area contributed by atoms with E-state index in [-0.39, 0.29) is 17.0 Å². The van der Waals surface area contributed by atoms with Gasteiger partial charge in [-0.2, -0.15) is 0 Å². The molecule has 1 N–H and O–H groups in total. The molecule has 158 valence electrons. The molecule has 2 aromatic carbocycles. The summed E-state index contributed by atoms with van der Waals surface area (Å²) < 4.78 is 12.3. The Balaban J connectivity index is 1.94. The number of amides is 1. The number of halogens is 1. The molecule has 0 atom stereocenters. The number of hydrogen-bond donors (Lipinski definition) is 1. The number of carbonyl (C=O) groups is 1. The second kappa shape index (κ2) is 8.36. The van der Waals surface area contributed by atoms with Crippen LogP contribution in [-0.4, -0.2) is 35.1 Å². The minimum absolute atomic E-state index is 0.101. The smallest absolute Gasteiger partial charge is 0.278 e. The molecule has 3 aromatic rings. The van der Waals surface area contributed by atoms with E-state index in [2.05, 4.69) is 36.4 Å². The molecule has 0 aliphatic heterocycles. The second-order valence-electron chi connectivity index (χ2n) is 7.91. The molecule has 30 heavy (non-hydrogen) atoms. The Hall–Kier alpha value is -3.06. The van der Waals surface area contributed by atoms with Crippen LogP contribution in [0, 0.1) is 6.92 Å². The van der Waals surface area contributed by atoms with E-state index in [4.69, 9.17) is 21.1 Å². The van der Waals surface area contributed by atoms with Crippen LogP contribution in [0.15, 0.2) is 36.4 Å². The van der Waals surface area contributed by atoms with Crippen LogP contribution < -0.4 is 14.8 Å². The highest BCUT2D eigenvalue weighted by molar-refractivity contribution is 6.30. The first-order chi connectivity index (χ1) is 14.1. The fraction of sp³-hybridized carbons (Fsp3) is 0.318. The maximum atomic E-state index is 12.9. The van der Waals surface area contributed by atoms with Crippen molar-refractivity contribution in [3.05, 3.63) is 58.4 Å². The van der Waals surface area contributed by atoms with E-state index in [1.54, 1.807) is 45.4 Å². The molecule has 0 unspecified atom stereocenters. The number of nitrogens with one attached hydrogen (secondary N) is 1. The number of rotatable bonds is 5. The summed E-state index contributed by atoms with van der Waals surface area (Å²) in [6.45, 7) is 8.06. The van der Waals surface area contributed by atoms with Gasteiger partial charge >= 0.3 is 0 Å². The maximum Gasteiger partial charge on any atom is 0.278 e. The van der Waals surface area contributed by atoms with Crippen LogP contribution >= 0.6 is 11.6 Å². The van der Waals surface area contributed by atoms with Crippen molar-refractivity contribution in [1.82, 2.24) is 15.0 Å². The number of aromatic nitrogens is 3. The summed E-state index contributed by atoms with van der Waals surface area (Å²) in [7, 11) is 3.16. The van der Waals surface area contributed by atoms with Crippen molar-refractivity contribution in [2.24, 2.45) is 0 Å². The van der Waals surface area contributed by atoms with E-state index in [1.165, 1.54) is 4.68 Å². The Bertz CT molecular complexity index is 1090. The maximum absolute atomic E-state index is 12.9. The zero-order chi connectivity index (χ0) is 22.1. The van der Waals surface area contributed by atoms with Crippen molar-refractivity contribution in [1.29, 1.82) is 0 Å². The van der Waals surface area contributed by atoms with Crippen molar-refractivity contribution < 1.29 is 14.3 Å². The number of nitrogens with zero attached hydrogens (tertiary/aromatic N) is 3. The van der Waals surface area contributed by atoms with Crippen molar-refractivity contribution in [3.63, 3.8) is 0 Å². The van der Waals surface area contributed by atoms with Gasteiger partial charge in [0.15, 0.2) is 5.69 Å². The van der Waals surface area contributed by atoms with E-state index in [1.807, 2.05) is 12.1 Å². The second-order valence-corrected chi connectivity index (χ2v) is 8.34. The molecule has 0 aliphatic rings. The molecule has 0 saturated carbocycles. The van der Waals surface area contributed by atoms with Crippen LogP contribution in [0.2, 0.25) is 5.02 Å². The highest BCUT2D eigenvalue weighted by atomic mass is 35.5. The van der Waals surface area contributed by atoms with Gasteiger partial charge in [0.25, 0.3) is 5.91 Å². The van der Waals surface area contributed by atoms with Crippen LogP contribution in [0.5, 0.6) is 11.5 Å². The molecular weight excluding hydrogens is 404 g/mol. The van der Waals surface area contributed by atoms with Crippen molar-refractivity contribution in [3.8, 4) is 17.2 Å². The fourth-order valence-electron chi connectivity index (χ4n) is 3.01. The molecule has 1 heterocycles. The standard InChI is InChI=1S/C22H25ClN4O3/c1-13-20(25-26-27(13)18-11-15(23)7-8-19(18)30-6)21(28)24-16-9-14(22(2,3)4)10-17(12-16)29-5/h7-12H,1-6H3,(H,24,28). The zero-order valence-electron chi connectivity index (χ0n) is 17.9. The Kier molecular flexibility index (Phi) is 6.03. The van der Waals surface area contributed by atoms with Crippen LogP contribution in [0.1, 0.15) is 42.5 Å². The molecule has 0 saturated heterocycles. The Morgan fingerprint density at radius 2 is 1.83 bits per heavy atom. The van der Waals surface area contributed by atoms with Gasteiger partial charge in [0, 0.05) is 16.8 Å². The number of hydrogen-bond acceptors (Lipinski definition) is 5. The molecule has 0 aliphatic carbocycles. The number of methoxy groups -OCH3 is 2. The Morgan fingerprint density at radius 3 is 2.47 bits per heavy atom. The van der Waals surface area contributed by atoms with Crippen molar-refractivity contribution in [2.75, 3.05) is 19.5 Å². The van der Waals surface area contributed by atoms with Gasteiger partial charge in [-0.1, -0.05) is 37.6 Å². The van der Waals surface area contributed by atoms with E-state index in [9.17, 15) is 4.79 Å². The number of benzene rings is 2. The van der Waals surface area contributed by atoms with Crippen LogP contribution in [0.3, 0.4) is 0 Å². The van der Waals surface area contributed by atoms with Gasteiger partial charge in [0.1, 0.15) is 17.2 Å². The third-order valence-electron chi connectivity index (χ3n) is 4.74. The lowest BCUT2D eigenvalue weighted by Gasteiger charge is -2.21. The first kappa shape index (κ1) is 21.6. The van der Waals surface area contributed by atoms with E-state index in [0.29, 0.717) is 33.6 Å². The van der Waals surface area contributed by atoms with Gasteiger partial charge in [0.2, 0.25) is 0 Å².